The lowest BCUT2D eigenvalue weighted by molar-refractivity contribution is 0.0390. The van der Waals surface area contributed by atoms with Crippen molar-refractivity contribution in [2.24, 2.45) is 0 Å². The van der Waals surface area contributed by atoms with Crippen molar-refractivity contribution in [2.45, 2.75) is 24.9 Å². The van der Waals surface area contributed by atoms with E-state index in [0.29, 0.717) is 43.9 Å². The molecule has 2 aliphatic heterocycles. The minimum Gasteiger partial charge on any atom is -0.338 e. The molecule has 1 amide bonds. The lowest BCUT2D eigenvalue weighted by Crippen LogP contribution is -2.59. The molecule has 0 N–H and O–H groups in total. The van der Waals surface area contributed by atoms with E-state index in [1.165, 1.54) is 17.6 Å². The van der Waals surface area contributed by atoms with Crippen LogP contribution in [0.25, 0.3) is 11.3 Å². The lowest BCUT2D eigenvalue weighted by atomic mass is 9.85. The third-order valence-electron chi connectivity index (χ3n) is 6.36. The number of rotatable bonds is 3. The Bertz CT molecular complexity index is 1190. The van der Waals surface area contributed by atoms with Crippen molar-refractivity contribution in [3.8, 4) is 11.3 Å². The number of hydrogen-bond acceptors (Lipinski definition) is 5. The highest BCUT2D eigenvalue weighted by molar-refractivity contribution is 7.88. The minimum atomic E-state index is -3.43. The predicted octanol–water partition coefficient (Wildman–Crippen LogP) is 3.02. The standard InChI is InChI=1S/C22H24N4O3S2/c1-31(28,29)26-14-13-25-18(17-6-3-2-4-7-17)16-23-21(25)22(26)9-11-24(12-10-22)20(27)19-8-5-15-30-19/h2-8,15-16H,9-14H2,1H3. The Morgan fingerprint density at radius 3 is 2.42 bits per heavy atom. The highest BCUT2D eigenvalue weighted by Crippen LogP contribution is 2.43. The predicted molar refractivity (Wildman–Crippen MR) is 120 cm³/mol. The number of hydrogen-bond donors (Lipinski definition) is 0. The van der Waals surface area contributed by atoms with Crippen LogP contribution in [0.4, 0.5) is 0 Å². The number of carbonyl (C=O) groups is 1. The summed E-state index contributed by atoms with van der Waals surface area (Å²) in [4.78, 5) is 20.1. The molecular formula is C22H24N4O3S2. The molecule has 0 atom stereocenters. The fourth-order valence-corrected chi connectivity index (χ4v) is 6.92. The fraction of sp³-hybridized carbons (Fsp3) is 0.364. The van der Waals surface area contributed by atoms with Gasteiger partial charge in [-0.2, -0.15) is 4.31 Å². The molecule has 7 nitrogen and oxygen atoms in total. The molecule has 1 saturated heterocycles. The zero-order valence-electron chi connectivity index (χ0n) is 17.3. The Morgan fingerprint density at radius 1 is 1.03 bits per heavy atom. The van der Waals surface area contributed by atoms with Crippen molar-refractivity contribution in [3.63, 3.8) is 0 Å². The van der Waals surface area contributed by atoms with Gasteiger partial charge in [0.2, 0.25) is 10.0 Å². The first kappa shape index (κ1) is 20.4. The molecule has 31 heavy (non-hydrogen) atoms. The molecule has 0 radical (unpaired) electrons. The zero-order valence-corrected chi connectivity index (χ0v) is 18.9. The van der Waals surface area contributed by atoms with Crippen LogP contribution >= 0.6 is 11.3 Å². The number of piperidine rings is 1. The van der Waals surface area contributed by atoms with Gasteiger partial charge in [-0.25, -0.2) is 13.4 Å². The third-order valence-corrected chi connectivity index (χ3v) is 8.55. The van der Waals surface area contributed by atoms with E-state index < -0.39 is 15.6 Å². The summed E-state index contributed by atoms with van der Waals surface area (Å²) in [6.07, 6.45) is 4.18. The number of benzene rings is 1. The van der Waals surface area contributed by atoms with E-state index in [4.69, 9.17) is 4.98 Å². The first-order valence-electron chi connectivity index (χ1n) is 10.3. The maximum Gasteiger partial charge on any atom is 0.263 e. The number of carbonyl (C=O) groups excluding carboxylic acids is 1. The Hall–Kier alpha value is -2.49. The molecule has 4 heterocycles. The first-order valence-corrected chi connectivity index (χ1v) is 13.0. The van der Waals surface area contributed by atoms with Crippen molar-refractivity contribution >= 4 is 27.3 Å². The third kappa shape index (κ3) is 3.40. The summed E-state index contributed by atoms with van der Waals surface area (Å²) in [7, 11) is -3.43. The number of nitrogens with zero attached hydrogens (tertiary/aromatic N) is 4. The van der Waals surface area contributed by atoms with Crippen LogP contribution in [0.3, 0.4) is 0 Å². The lowest BCUT2D eigenvalue weighted by Gasteiger charge is -2.49. The monoisotopic (exact) mass is 456 g/mol. The first-order chi connectivity index (χ1) is 14.9. The van der Waals surface area contributed by atoms with Crippen LogP contribution in [0, 0.1) is 0 Å². The normalized spacial score (nSPS) is 18.8. The number of sulfonamides is 1. The van der Waals surface area contributed by atoms with Gasteiger partial charge in [0.25, 0.3) is 5.91 Å². The summed E-state index contributed by atoms with van der Waals surface area (Å²) in [6, 6.07) is 13.8. The molecule has 2 aliphatic rings. The molecule has 9 heteroatoms. The van der Waals surface area contributed by atoms with E-state index in [9.17, 15) is 13.2 Å². The van der Waals surface area contributed by atoms with Crippen molar-refractivity contribution in [2.75, 3.05) is 25.9 Å². The van der Waals surface area contributed by atoms with Crippen LogP contribution in [0.1, 0.15) is 28.3 Å². The Balaban J connectivity index is 1.52. The number of thiophene rings is 1. The summed E-state index contributed by atoms with van der Waals surface area (Å²) >= 11 is 1.43. The molecule has 162 valence electrons. The van der Waals surface area contributed by atoms with Gasteiger partial charge in [0, 0.05) is 26.2 Å². The molecule has 3 aromatic rings. The average molecular weight is 457 g/mol. The van der Waals surface area contributed by atoms with Crippen LogP contribution in [0.2, 0.25) is 0 Å². The van der Waals surface area contributed by atoms with Gasteiger partial charge in [0.15, 0.2) is 0 Å². The maximum absolute atomic E-state index is 12.8. The highest BCUT2D eigenvalue weighted by atomic mass is 32.2. The summed E-state index contributed by atoms with van der Waals surface area (Å²) < 4.78 is 29.3. The van der Waals surface area contributed by atoms with Gasteiger partial charge in [0.1, 0.15) is 5.82 Å². The van der Waals surface area contributed by atoms with Crippen LogP contribution in [0.5, 0.6) is 0 Å². The second kappa shape index (κ2) is 7.58. The van der Waals surface area contributed by atoms with Gasteiger partial charge in [-0.15, -0.1) is 11.3 Å². The van der Waals surface area contributed by atoms with E-state index >= 15 is 0 Å². The number of aromatic nitrogens is 2. The fourth-order valence-electron chi connectivity index (χ4n) is 4.92. The number of imidazole rings is 1. The summed E-state index contributed by atoms with van der Waals surface area (Å²) in [5.41, 5.74) is 1.33. The molecule has 5 rings (SSSR count). The number of likely N-dealkylation sites (tertiary alicyclic amines) is 1. The second-order valence-corrected chi connectivity index (χ2v) is 11.0. The van der Waals surface area contributed by atoms with Crippen molar-refractivity contribution in [3.05, 3.63) is 64.7 Å². The van der Waals surface area contributed by atoms with Gasteiger partial charge >= 0.3 is 0 Å². The molecule has 0 unspecified atom stereocenters. The van der Waals surface area contributed by atoms with E-state index in [2.05, 4.69) is 4.57 Å². The number of fused-ring (bicyclic) bond motifs is 2. The van der Waals surface area contributed by atoms with Crippen molar-refractivity contribution in [1.82, 2.24) is 18.8 Å². The van der Waals surface area contributed by atoms with Gasteiger partial charge in [-0.05, 0) is 29.9 Å². The van der Waals surface area contributed by atoms with Crippen LogP contribution < -0.4 is 0 Å². The second-order valence-electron chi connectivity index (χ2n) is 8.12. The molecule has 2 aromatic heterocycles. The molecule has 0 aliphatic carbocycles. The highest BCUT2D eigenvalue weighted by Gasteiger charge is 2.51. The van der Waals surface area contributed by atoms with E-state index in [0.717, 1.165) is 17.1 Å². The van der Waals surface area contributed by atoms with Gasteiger partial charge in [-0.1, -0.05) is 36.4 Å². The smallest absolute Gasteiger partial charge is 0.263 e. The van der Waals surface area contributed by atoms with Crippen LogP contribution in [-0.2, 0) is 22.1 Å². The Labute approximate surface area is 186 Å². The van der Waals surface area contributed by atoms with E-state index in [1.54, 1.807) is 4.31 Å². The average Bonchev–Trinajstić information content (AvgIpc) is 3.45. The topological polar surface area (TPSA) is 75.5 Å². The van der Waals surface area contributed by atoms with Gasteiger partial charge < -0.3 is 9.47 Å². The summed E-state index contributed by atoms with van der Waals surface area (Å²) in [5.74, 6) is 0.797. The number of amides is 1. The van der Waals surface area contributed by atoms with Crippen molar-refractivity contribution in [1.29, 1.82) is 0 Å². The minimum absolute atomic E-state index is 0.0138. The molecule has 0 bridgehead atoms. The molecule has 0 saturated carbocycles. The van der Waals surface area contributed by atoms with E-state index in [-0.39, 0.29) is 5.91 Å². The Kier molecular flexibility index (Phi) is 4.99. The van der Waals surface area contributed by atoms with Crippen LogP contribution in [-0.4, -0.2) is 59.0 Å². The molecular weight excluding hydrogens is 432 g/mol. The quantitative estimate of drug-likeness (QED) is 0.607. The zero-order chi connectivity index (χ0) is 21.6. The maximum atomic E-state index is 12.8. The SMILES string of the molecule is CS(=O)(=O)N1CCn2c(-c3ccccc3)cnc2C12CCN(C(=O)c1cccs1)CC2. The Morgan fingerprint density at radius 2 is 1.77 bits per heavy atom. The molecule has 1 aromatic carbocycles. The molecule has 1 spiro atoms. The largest absolute Gasteiger partial charge is 0.338 e. The van der Waals surface area contributed by atoms with Crippen LogP contribution in [0.15, 0.2) is 54.0 Å². The van der Waals surface area contributed by atoms with Gasteiger partial charge in [0.05, 0.1) is 28.6 Å². The van der Waals surface area contributed by atoms with E-state index in [1.807, 2.05) is 58.9 Å². The summed E-state index contributed by atoms with van der Waals surface area (Å²) in [5, 5.41) is 1.90. The van der Waals surface area contributed by atoms with Crippen molar-refractivity contribution < 1.29 is 13.2 Å². The summed E-state index contributed by atoms with van der Waals surface area (Å²) in [6.45, 7) is 1.96. The molecule has 1 fully saturated rings. The van der Waals surface area contributed by atoms with Gasteiger partial charge in [-0.3, -0.25) is 4.79 Å².